The molecule has 2 aromatic carbocycles. The topological polar surface area (TPSA) is 102 Å². The van der Waals surface area contributed by atoms with E-state index in [1.165, 1.54) is 6.07 Å². The summed E-state index contributed by atoms with van der Waals surface area (Å²) in [6.07, 6.45) is 0.0297. The van der Waals surface area contributed by atoms with Crippen LogP contribution >= 0.6 is 0 Å². The van der Waals surface area contributed by atoms with Crippen molar-refractivity contribution >= 4 is 33.3 Å². The number of carbonyl (C=O) groups is 2. The Hall–Kier alpha value is -3.07. The number of ether oxygens (including phenoxy) is 2. The molecule has 154 valence electrons. The highest BCUT2D eigenvalue weighted by atomic mass is 32.2. The Labute approximate surface area is 169 Å². The molecular weight excluding hydrogens is 396 g/mol. The van der Waals surface area contributed by atoms with Gasteiger partial charge in [-0.1, -0.05) is 18.2 Å². The average molecular weight is 418 g/mol. The second-order valence-corrected chi connectivity index (χ2v) is 8.51. The van der Waals surface area contributed by atoms with Crippen LogP contribution in [0.5, 0.6) is 5.75 Å². The van der Waals surface area contributed by atoms with Crippen molar-refractivity contribution < 1.29 is 27.5 Å². The highest BCUT2D eigenvalue weighted by Crippen LogP contribution is 2.34. The molecule has 1 heterocycles. The van der Waals surface area contributed by atoms with Crippen LogP contribution in [0.3, 0.4) is 0 Å². The second kappa shape index (κ2) is 8.12. The molecule has 3 rings (SSSR count). The molecule has 2 aromatic rings. The highest BCUT2D eigenvalue weighted by Gasteiger charge is 2.35. The first kappa shape index (κ1) is 20.7. The second-order valence-electron chi connectivity index (χ2n) is 6.61. The Kier molecular flexibility index (Phi) is 5.78. The maximum Gasteiger partial charge on any atom is 0.338 e. The van der Waals surface area contributed by atoms with Crippen molar-refractivity contribution in [2.75, 3.05) is 29.0 Å². The lowest BCUT2D eigenvalue weighted by atomic mass is 10.1. The summed E-state index contributed by atoms with van der Waals surface area (Å²) in [6, 6.07) is 11.5. The molecule has 1 aliphatic rings. The molecule has 0 fully saturated rings. The van der Waals surface area contributed by atoms with E-state index in [1.54, 1.807) is 50.2 Å². The molecule has 0 saturated carbocycles. The molecule has 0 bridgehead atoms. The van der Waals surface area contributed by atoms with E-state index < -0.39 is 28.0 Å². The number of nitrogens with one attached hydrogen (secondary N) is 1. The van der Waals surface area contributed by atoms with E-state index in [2.05, 4.69) is 5.32 Å². The third kappa shape index (κ3) is 4.51. The standard InChI is InChI=1S/C20H22N2O6S/c1-4-27-20(24)14-10-9-13(2)15(11-14)21-19(23)18-12-22(29(3,25)26)16-7-5-6-8-17(16)28-18/h5-11,18H,4,12H2,1-3H3,(H,21,23). The van der Waals surface area contributed by atoms with E-state index in [9.17, 15) is 18.0 Å². The summed E-state index contributed by atoms with van der Waals surface area (Å²) < 4.78 is 36.3. The number of amides is 1. The zero-order valence-electron chi connectivity index (χ0n) is 16.3. The van der Waals surface area contributed by atoms with E-state index in [4.69, 9.17) is 9.47 Å². The van der Waals surface area contributed by atoms with Crippen LogP contribution in [-0.4, -0.2) is 45.8 Å². The molecule has 1 aliphatic heterocycles. The zero-order chi connectivity index (χ0) is 21.2. The minimum atomic E-state index is -3.60. The molecule has 1 amide bonds. The predicted octanol–water partition coefficient (Wildman–Crippen LogP) is 2.34. The smallest absolute Gasteiger partial charge is 0.338 e. The van der Waals surface area contributed by atoms with E-state index in [0.29, 0.717) is 22.7 Å². The van der Waals surface area contributed by atoms with Gasteiger partial charge in [0.1, 0.15) is 5.75 Å². The van der Waals surface area contributed by atoms with Crippen LogP contribution in [0, 0.1) is 6.92 Å². The number of para-hydroxylation sites is 2. The lowest BCUT2D eigenvalue weighted by Gasteiger charge is -2.33. The van der Waals surface area contributed by atoms with Gasteiger partial charge < -0.3 is 14.8 Å². The maximum absolute atomic E-state index is 12.8. The van der Waals surface area contributed by atoms with Crippen LogP contribution in [0.1, 0.15) is 22.8 Å². The minimum absolute atomic E-state index is 0.154. The number of hydrogen-bond acceptors (Lipinski definition) is 6. The number of rotatable bonds is 5. The first-order chi connectivity index (χ1) is 13.7. The summed E-state index contributed by atoms with van der Waals surface area (Å²) in [5.41, 5.74) is 1.86. The van der Waals surface area contributed by atoms with Gasteiger partial charge >= 0.3 is 5.97 Å². The molecule has 0 radical (unpaired) electrons. The molecule has 0 aliphatic carbocycles. The monoisotopic (exact) mass is 418 g/mol. The summed E-state index contributed by atoms with van der Waals surface area (Å²) in [5.74, 6) is -0.701. The lowest BCUT2D eigenvalue weighted by molar-refractivity contribution is -0.122. The van der Waals surface area contributed by atoms with Crippen molar-refractivity contribution in [2.24, 2.45) is 0 Å². The Morgan fingerprint density at radius 3 is 2.66 bits per heavy atom. The van der Waals surface area contributed by atoms with E-state index in [0.717, 1.165) is 16.1 Å². The number of benzene rings is 2. The van der Waals surface area contributed by atoms with Gasteiger partial charge in [-0.05, 0) is 43.7 Å². The van der Waals surface area contributed by atoms with Gasteiger partial charge in [0.05, 0.1) is 30.7 Å². The highest BCUT2D eigenvalue weighted by molar-refractivity contribution is 7.92. The molecule has 0 spiro atoms. The van der Waals surface area contributed by atoms with Gasteiger partial charge in [0.15, 0.2) is 6.10 Å². The number of esters is 1. The van der Waals surface area contributed by atoms with Crippen molar-refractivity contribution in [3.05, 3.63) is 53.6 Å². The fourth-order valence-corrected chi connectivity index (χ4v) is 3.88. The minimum Gasteiger partial charge on any atom is -0.476 e. The molecule has 8 nitrogen and oxygen atoms in total. The molecule has 1 atom stereocenters. The van der Waals surface area contributed by atoms with E-state index >= 15 is 0 Å². The average Bonchev–Trinajstić information content (AvgIpc) is 2.68. The number of aryl methyl sites for hydroxylation is 1. The Bertz CT molecular complexity index is 1050. The van der Waals surface area contributed by atoms with Crippen LogP contribution in [0.2, 0.25) is 0 Å². The Balaban J connectivity index is 1.85. The molecule has 29 heavy (non-hydrogen) atoms. The molecule has 0 aromatic heterocycles. The van der Waals surface area contributed by atoms with Gasteiger partial charge in [0, 0.05) is 5.69 Å². The van der Waals surface area contributed by atoms with Gasteiger partial charge in [0.2, 0.25) is 10.0 Å². The summed E-state index contributed by atoms with van der Waals surface area (Å²) in [4.78, 5) is 24.8. The first-order valence-electron chi connectivity index (χ1n) is 9.02. The van der Waals surface area contributed by atoms with E-state index in [-0.39, 0.29) is 13.2 Å². The van der Waals surface area contributed by atoms with Crippen LogP contribution in [-0.2, 0) is 19.6 Å². The third-order valence-electron chi connectivity index (χ3n) is 4.43. The SMILES string of the molecule is CCOC(=O)c1ccc(C)c(NC(=O)C2CN(S(C)(=O)=O)c3ccccc3O2)c1. The number of hydrogen-bond donors (Lipinski definition) is 1. The predicted molar refractivity (Wildman–Crippen MR) is 109 cm³/mol. The summed E-state index contributed by atoms with van der Waals surface area (Å²) >= 11 is 0. The normalized spacial score (nSPS) is 15.8. The van der Waals surface area contributed by atoms with Crippen molar-refractivity contribution in [3.63, 3.8) is 0 Å². The zero-order valence-corrected chi connectivity index (χ0v) is 17.2. The van der Waals surface area contributed by atoms with Crippen molar-refractivity contribution in [1.29, 1.82) is 0 Å². The third-order valence-corrected chi connectivity index (χ3v) is 5.58. The maximum atomic E-state index is 12.8. The molecule has 9 heteroatoms. The number of sulfonamides is 1. The van der Waals surface area contributed by atoms with Gasteiger partial charge in [-0.25, -0.2) is 13.2 Å². The molecular formula is C20H22N2O6S. The van der Waals surface area contributed by atoms with Crippen LogP contribution in [0.15, 0.2) is 42.5 Å². The van der Waals surface area contributed by atoms with E-state index in [1.807, 2.05) is 0 Å². The number of fused-ring (bicyclic) bond motifs is 1. The van der Waals surface area contributed by atoms with Gasteiger partial charge in [-0.2, -0.15) is 0 Å². The number of carbonyl (C=O) groups excluding carboxylic acids is 2. The summed E-state index contributed by atoms with van der Waals surface area (Å²) in [5, 5.41) is 2.73. The van der Waals surface area contributed by atoms with Gasteiger partial charge in [0.25, 0.3) is 5.91 Å². The Morgan fingerprint density at radius 1 is 1.24 bits per heavy atom. The lowest BCUT2D eigenvalue weighted by Crippen LogP contribution is -2.48. The van der Waals surface area contributed by atoms with Gasteiger partial charge in [-0.3, -0.25) is 9.10 Å². The quantitative estimate of drug-likeness (QED) is 0.748. The fourth-order valence-electron chi connectivity index (χ4n) is 2.96. The van der Waals surface area contributed by atoms with Crippen molar-refractivity contribution in [3.8, 4) is 5.75 Å². The first-order valence-corrected chi connectivity index (χ1v) is 10.9. The number of nitrogens with zero attached hydrogens (tertiary/aromatic N) is 1. The molecule has 0 saturated heterocycles. The van der Waals surface area contributed by atoms with Gasteiger partial charge in [-0.15, -0.1) is 0 Å². The van der Waals surface area contributed by atoms with Crippen molar-refractivity contribution in [1.82, 2.24) is 0 Å². The number of anilines is 2. The largest absolute Gasteiger partial charge is 0.476 e. The molecule has 1 unspecified atom stereocenters. The molecule has 1 N–H and O–H groups in total. The van der Waals surface area contributed by atoms with Crippen molar-refractivity contribution in [2.45, 2.75) is 20.0 Å². The summed E-state index contributed by atoms with van der Waals surface area (Å²) in [7, 11) is -3.60. The summed E-state index contributed by atoms with van der Waals surface area (Å²) in [6.45, 7) is 3.58. The van der Waals surface area contributed by atoms with Crippen LogP contribution in [0.4, 0.5) is 11.4 Å². The fraction of sp³-hybridized carbons (Fsp3) is 0.300. The Morgan fingerprint density at radius 2 is 1.97 bits per heavy atom. The van der Waals surface area contributed by atoms with Crippen LogP contribution < -0.4 is 14.4 Å². The van der Waals surface area contributed by atoms with Crippen LogP contribution in [0.25, 0.3) is 0 Å².